The molecule has 3 aromatic rings. The molecule has 48 heavy (non-hydrogen) atoms. The van der Waals surface area contributed by atoms with Crippen molar-refractivity contribution in [3.05, 3.63) is 82.2 Å². The van der Waals surface area contributed by atoms with Gasteiger partial charge in [-0.25, -0.2) is 14.0 Å². The molecule has 0 radical (unpaired) electrons. The van der Waals surface area contributed by atoms with Crippen molar-refractivity contribution in [1.29, 1.82) is 0 Å². The molecule has 0 amide bonds. The highest BCUT2D eigenvalue weighted by Gasteiger charge is 2.71. The van der Waals surface area contributed by atoms with Crippen molar-refractivity contribution in [2.45, 2.75) is 77.8 Å². The fraction of sp³-hybridized carbons (Fsp3) is 0.472. The number of nitrogens with zero attached hydrogens (tertiary/aromatic N) is 1. The van der Waals surface area contributed by atoms with Crippen LogP contribution in [0.5, 0.6) is 5.75 Å². The summed E-state index contributed by atoms with van der Waals surface area (Å²) in [6.07, 6.45) is 0.917. The standard InChI is InChI=1S/C36H38FNO10/c1-19(39)44-18-35(4)26-16-28(47-32(42)21-8-10-23(37)11-9-21)36(5)31(34(26,3)13-12-27(35)45-20(2)40)30(41)29-25(48-36)15-24(46-33(29)43)22-7-6-14-38-17-22/h6-11,14-15,17,26-28,30-31,41H,12-13,16,18H2,1-5H3/t26?,27-,28-,30-,31?,34-,35?,36+/m0/s1. The van der Waals surface area contributed by atoms with Crippen LogP contribution in [-0.2, 0) is 23.8 Å². The maximum absolute atomic E-state index is 13.7. The number of rotatable bonds is 6. The van der Waals surface area contributed by atoms with Gasteiger partial charge in [-0.05, 0) is 73.9 Å². The lowest BCUT2D eigenvalue weighted by Crippen LogP contribution is -2.71. The van der Waals surface area contributed by atoms with E-state index in [-0.39, 0.29) is 35.7 Å². The van der Waals surface area contributed by atoms with Gasteiger partial charge < -0.3 is 28.5 Å². The normalized spacial score (nSPS) is 32.0. The highest BCUT2D eigenvalue weighted by atomic mass is 19.1. The average molecular weight is 664 g/mol. The van der Waals surface area contributed by atoms with Crippen molar-refractivity contribution in [1.82, 2.24) is 4.98 Å². The molecule has 8 atom stereocenters. The van der Waals surface area contributed by atoms with Crippen LogP contribution in [0.4, 0.5) is 4.39 Å². The number of benzene rings is 1. The van der Waals surface area contributed by atoms with E-state index in [1.165, 1.54) is 38.2 Å². The summed E-state index contributed by atoms with van der Waals surface area (Å²) in [5.74, 6) is -3.39. The third kappa shape index (κ3) is 5.55. The van der Waals surface area contributed by atoms with Gasteiger partial charge in [-0.3, -0.25) is 14.6 Å². The molecule has 0 bridgehead atoms. The topological polar surface area (TPSA) is 151 Å². The van der Waals surface area contributed by atoms with E-state index in [0.717, 1.165) is 12.1 Å². The summed E-state index contributed by atoms with van der Waals surface area (Å²) in [4.78, 5) is 55.7. The minimum Gasteiger partial charge on any atom is -0.482 e. The molecule has 2 aliphatic carbocycles. The second-order valence-electron chi connectivity index (χ2n) is 13.7. The van der Waals surface area contributed by atoms with Crippen LogP contribution in [0, 0.1) is 28.5 Å². The number of hydrogen-bond acceptors (Lipinski definition) is 11. The molecule has 254 valence electrons. The summed E-state index contributed by atoms with van der Waals surface area (Å²) in [6.45, 7) is 8.04. The van der Waals surface area contributed by atoms with Crippen molar-refractivity contribution in [3.63, 3.8) is 0 Å². The van der Waals surface area contributed by atoms with Gasteiger partial charge in [-0.2, -0.15) is 0 Å². The van der Waals surface area contributed by atoms with Gasteiger partial charge in [0.2, 0.25) is 0 Å². The Morgan fingerprint density at radius 2 is 1.77 bits per heavy atom. The van der Waals surface area contributed by atoms with Gasteiger partial charge >= 0.3 is 23.5 Å². The predicted molar refractivity (Wildman–Crippen MR) is 167 cm³/mol. The second-order valence-corrected chi connectivity index (χ2v) is 13.7. The van der Waals surface area contributed by atoms with Gasteiger partial charge in [-0.1, -0.05) is 13.8 Å². The number of halogens is 1. The number of ether oxygens (including phenoxy) is 4. The fourth-order valence-corrected chi connectivity index (χ4v) is 8.62. The van der Waals surface area contributed by atoms with Gasteiger partial charge in [0.1, 0.15) is 47.3 Å². The molecular formula is C36H38FNO10. The molecule has 11 nitrogen and oxygen atoms in total. The highest BCUT2D eigenvalue weighted by molar-refractivity contribution is 5.89. The molecule has 12 heteroatoms. The Morgan fingerprint density at radius 3 is 2.42 bits per heavy atom. The Kier molecular flexibility index (Phi) is 8.43. The number of carbonyl (C=O) groups excluding carboxylic acids is 3. The number of fused-ring (bicyclic) bond motifs is 4. The Balaban J connectivity index is 1.50. The lowest BCUT2D eigenvalue weighted by molar-refractivity contribution is -0.266. The van der Waals surface area contributed by atoms with E-state index in [1.807, 2.05) is 13.8 Å². The van der Waals surface area contributed by atoms with E-state index < -0.39 is 75.9 Å². The highest BCUT2D eigenvalue weighted by Crippen LogP contribution is 2.67. The SMILES string of the molecule is CC(=O)OCC1(C)C2C[C@H](OC(=O)c3ccc(F)cc3)[C@@]3(C)Oc4cc(-c5cccnc5)oc(=O)c4[C@H](O)C3[C@@]2(C)CC[C@@H]1OC(C)=O. The lowest BCUT2D eigenvalue weighted by atomic mass is 9.42. The van der Waals surface area contributed by atoms with Crippen LogP contribution in [0.15, 0.2) is 64.1 Å². The minimum atomic E-state index is -1.43. The number of pyridine rings is 1. The number of carbonyl (C=O) groups is 3. The molecular weight excluding hydrogens is 625 g/mol. The minimum absolute atomic E-state index is 0.0700. The number of aliphatic hydroxyl groups excluding tert-OH is 1. The quantitative estimate of drug-likeness (QED) is 0.274. The molecule has 1 aliphatic heterocycles. The van der Waals surface area contributed by atoms with Gasteiger partial charge in [0.25, 0.3) is 0 Å². The first-order valence-corrected chi connectivity index (χ1v) is 15.9. The van der Waals surface area contributed by atoms with Crippen LogP contribution in [0.25, 0.3) is 11.3 Å². The fourth-order valence-electron chi connectivity index (χ4n) is 8.62. The molecule has 2 aromatic heterocycles. The van der Waals surface area contributed by atoms with Crippen molar-refractivity contribution >= 4 is 17.9 Å². The zero-order chi connectivity index (χ0) is 34.6. The number of aliphatic hydroxyl groups is 1. The largest absolute Gasteiger partial charge is 0.482 e. The van der Waals surface area contributed by atoms with Crippen molar-refractivity contribution in [3.8, 4) is 17.1 Å². The maximum atomic E-state index is 13.7. The van der Waals surface area contributed by atoms with E-state index in [4.69, 9.17) is 23.4 Å². The third-order valence-electron chi connectivity index (χ3n) is 10.8. The Labute approximate surface area is 276 Å². The third-order valence-corrected chi connectivity index (χ3v) is 10.8. The van der Waals surface area contributed by atoms with E-state index in [2.05, 4.69) is 4.98 Å². The molecule has 2 fully saturated rings. The molecule has 1 N–H and O–H groups in total. The van der Waals surface area contributed by atoms with Gasteiger partial charge in [0.05, 0.1) is 11.7 Å². The summed E-state index contributed by atoms with van der Waals surface area (Å²) < 4.78 is 43.7. The summed E-state index contributed by atoms with van der Waals surface area (Å²) in [5, 5.41) is 12.3. The van der Waals surface area contributed by atoms with Gasteiger partial charge in [-0.15, -0.1) is 0 Å². The van der Waals surface area contributed by atoms with Crippen LogP contribution in [0.3, 0.4) is 0 Å². The molecule has 0 saturated heterocycles. The van der Waals surface area contributed by atoms with Gasteiger partial charge in [0.15, 0.2) is 0 Å². The van der Waals surface area contributed by atoms with Crippen LogP contribution in [-0.4, -0.2) is 52.4 Å². The Hall–Kier alpha value is -4.58. The van der Waals surface area contributed by atoms with E-state index in [0.29, 0.717) is 18.4 Å². The second kappa shape index (κ2) is 12.1. The van der Waals surface area contributed by atoms with Crippen molar-refractivity contribution in [2.75, 3.05) is 6.61 Å². The molecule has 6 rings (SSSR count). The van der Waals surface area contributed by atoms with E-state index in [1.54, 1.807) is 25.3 Å². The Morgan fingerprint density at radius 1 is 1.04 bits per heavy atom. The summed E-state index contributed by atoms with van der Waals surface area (Å²) in [5.41, 5.74) is -3.47. The average Bonchev–Trinajstić information content (AvgIpc) is 3.02. The van der Waals surface area contributed by atoms with Crippen molar-refractivity contribution < 1.29 is 47.2 Å². The summed E-state index contributed by atoms with van der Waals surface area (Å²) in [7, 11) is 0. The van der Waals surface area contributed by atoms with Crippen molar-refractivity contribution in [2.24, 2.45) is 22.7 Å². The zero-order valence-corrected chi connectivity index (χ0v) is 27.4. The molecule has 3 aliphatic rings. The van der Waals surface area contributed by atoms with E-state index >= 15 is 0 Å². The number of esters is 3. The number of aromatic nitrogens is 1. The maximum Gasteiger partial charge on any atom is 0.345 e. The van der Waals surface area contributed by atoms with Gasteiger partial charge in [0, 0.05) is 49.2 Å². The predicted octanol–water partition coefficient (Wildman–Crippen LogP) is 5.19. The Bertz CT molecular complexity index is 1790. The van der Waals surface area contributed by atoms with Crippen LogP contribution in [0.2, 0.25) is 0 Å². The summed E-state index contributed by atoms with van der Waals surface area (Å²) >= 11 is 0. The first kappa shape index (κ1) is 33.3. The first-order chi connectivity index (χ1) is 22.7. The molecule has 1 aromatic carbocycles. The summed E-state index contributed by atoms with van der Waals surface area (Å²) in [6, 6.07) is 9.84. The molecule has 2 saturated carbocycles. The zero-order valence-electron chi connectivity index (χ0n) is 27.4. The molecule has 0 spiro atoms. The molecule has 3 heterocycles. The monoisotopic (exact) mass is 663 g/mol. The van der Waals surface area contributed by atoms with E-state index in [9.17, 15) is 28.7 Å². The van der Waals surface area contributed by atoms with Crippen LogP contribution >= 0.6 is 0 Å². The molecule has 3 unspecified atom stereocenters. The first-order valence-electron chi connectivity index (χ1n) is 15.9. The number of hydrogen-bond donors (Lipinski definition) is 1. The lowest BCUT2D eigenvalue weighted by Gasteiger charge is -2.66. The van der Waals surface area contributed by atoms with Crippen LogP contribution in [0.1, 0.15) is 75.9 Å². The smallest absolute Gasteiger partial charge is 0.345 e. The van der Waals surface area contributed by atoms with Crippen LogP contribution < -0.4 is 10.4 Å².